The second kappa shape index (κ2) is 7.74. The molecule has 0 radical (unpaired) electrons. The molecule has 0 aliphatic carbocycles. The summed E-state index contributed by atoms with van der Waals surface area (Å²) in [5.74, 6) is -8.11. The summed E-state index contributed by atoms with van der Waals surface area (Å²) in [5, 5.41) is 2.70. The number of piperidine rings is 1. The van der Waals surface area contributed by atoms with E-state index >= 15 is 0 Å². The lowest BCUT2D eigenvalue weighted by atomic mass is 9.93. The number of nitrogens with one attached hydrogen (secondary N) is 1. The largest absolute Gasteiger partial charge is 0.444 e. The van der Waals surface area contributed by atoms with Gasteiger partial charge in [-0.1, -0.05) is 6.92 Å². The third kappa shape index (κ3) is 4.90. The lowest BCUT2D eigenvalue weighted by molar-refractivity contribution is 0.0429. The standard InChI is InChI=1S/C18H22F4N2O3/c1-9-8-24(6-5-12(9)23-17(26)27-18(2,3)4)16(25)13-14(21)10(19)7-11(20)15(13)22/h7,9,12H,5-6,8H2,1-4H3,(H,23,26)/t9-,12-/m1/s1. The molecule has 9 heteroatoms. The quantitative estimate of drug-likeness (QED) is 0.620. The number of carbonyl (C=O) groups is 2. The Bertz CT molecular complexity index is 723. The Morgan fingerprint density at radius 3 is 2.19 bits per heavy atom. The number of likely N-dealkylation sites (tertiary alicyclic amines) is 1. The molecule has 1 aromatic rings. The molecule has 1 saturated heterocycles. The molecule has 2 rings (SSSR count). The number of rotatable bonds is 2. The van der Waals surface area contributed by atoms with Gasteiger partial charge >= 0.3 is 6.09 Å². The van der Waals surface area contributed by atoms with Crippen LogP contribution in [-0.4, -0.2) is 41.6 Å². The molecule has 2 amide bonds. The van der Waals surface area contributed by atoms with E-state index in [1.807, 2.05) is 0 Å². The zero-order valence-electron chi connectivity index (χ0n) is 15.5. The van der Waals surface area contributed by atoms with Crippen LogP contribution < -0.4 is 5.32 Å². The second-order valence-electron chi connectivity index (χ2n) is 7.61. The minimum Gasteiger partial charge on any atom is -0.444 e. The van der Waals surface area contributed by atoms with Crippen molar-refractivity contribution < 1.29 is 31.9 Å². The van der Waals surface area contributed by atoms with Crippen molar-refractivity contribution in [2.45, 2.75) is 45.8 Å². The molecule has 1 aliphatic rings. The number of carbonyl (C=O) groups excluding carboxylic acids is 2. The number of nitrogens with zero attached hydrogens (tertiary/aromatic N) is 1. The summed E-state index contributed by atoms with van der Waals surface area (Å²) in [5.41, 5.74) is -1.92. The Morgan fingerprint density at radius 1 is 1.15 bits per heavy atom. The smallest absolute Gasteiger partial charge is 0.407 e. The summed E-state index contributed by atoms with van der Waals surface area (Å²) in [7, 11) is 0. The summed E-state index contributed by atoms with van der Waals surface area (Å²) < 4.78 is 59.6. The first-order valence-corrected chi connectivity index (χ1v) is 8.52. The number of halogens is 4. The van der Waals surface area contributed by atoms with Gasteiger partial charge in [0.15, 0.2) is 23.3 Å². The van der Waals surface area contributed by atoms with E-state index in [0.29, 0.717) is 6.42 Å². The highest BCUT2D eigenvalue weighted by Crippen LogP contribution is 2.24. The zero-order chi connectivity index (χ0) is 20.5. The average Bonchev–Trinajstić information content (AvgIpc) is 2.53. The Kier molecular flexibility index (Phi) is 6.01. The van der Waals surface area contributed by atoms with Gasteiger partial charge in [-0.3, -0.25) is 4.79 Å². The Balaban J connectivity index is 2.08. The third-order valence-electron chi connectivity index (χ3n) is 4.22. The van der Waals surface area contributed by atoms with Crippen LogP contribution in [0.3, 0.4) is 0 Å². The van der Waals surface area contributed by atoms with E-state index in [4.69, 9.17) is 4.74 Å². The molecule has 0 saturated carbocycles. The molecule has 1 N–H and O–H groups in total. The number of amides is 2. The summed E-state index contributed by atoms with van der Waals surface area (Å²) in [6.45, 7) is 7.01. The van der Waals surface area contributed by atoms with Gasteiger partial charge in [0, 0.05) is 25.2 Å². The number of benzene rings is 1. The monoisotopic (exact) mass is 390 g/mol. The van der Waals surface area contributed by atoms with E-state index in [1.54, 1.807) is 27.7 Å². The molecule has 0 bridgehead atoms. The van der Waals surface area contributed by atoms with Crippen molar-refractivity contribution in [2.75, 3.05) is 13.1 Å². The van der Waals surface area contributed by atoms with Crippen LogP contribution in [0.25, 0.3) is 0 Å². The highest BCUT2D eigenvalue weighted by atomic mass is 19.2. The maximum atomic E-state index is 13.8. The third-order valence-corrected chi connectivity index (χ3v) is 4.22. The second-order valence-corrected chi connectivity index (χ2v) is 7.61. The average molecular weight is 390 g/mol. The van der Waals surface area contributed by atoms with E-state index in [2.05, 4.69) is 5.32 Å². The maximum Gasteiger partial charge on any atom is 0.407 e. The Hall–Kier alpha value is -2.32. The van der Waals surface area contributed by atoms with Gasteiger partial charge in [0.2, 0.25) is 0 Å². The van der Waals surface area contributed by atoms with E-state index in [0.717, 1.165) is 4.90 Å². The number of alkyl carbamates (subject to hydrolysis) is 1. The van der Waals surface area contributed by atoms with E-state index in [9.17, 15) is 27.2 Å². The van der Waals surface area contributed by atoms with Crippen LogP contribution in [0.1, 0.15) is 44.5 Å². The molecule has 1 aliphatic heterocycles. The van der Waals surface area contributed by atoms with Gasteiger partial charge in [-0.2, -0.15) is 0 Å². The molecule has 0 spiro atoms. The van der Waals surface area contributed by atoms with Crippen molar-refractivity contribution in [3.8, 4) is 0 Å². The first-order chi connectivity index (χ1) is 12.4. The molecule has 1 fully saturated rings. The van der Waals surface area contributed by atoms with Crippen LogP contribution >= 0.6 is 0 Å². The molecule has 1 aromatic carbocycles. The van der Waals surface area contributed by atoms with Crippen molar-refractivity contribution in [3.63, 3.8) is 0 Å². The maximum absolute atomic E-state index is 13.8. The van der Waals surface area contributed by atoms with Crippen LogP contribution in [0.5, 0.6) is 0 Å². The molecular formula is C18H22F4N2O3. The predicted molar refractivity (Wildman–Crippen MR) is 89.1 cm³/mol. The van der Waals surface area contributed by atoms with Crippen molar-refractivity contribution in [2.24, 2.45) is 5.92 Å². The van der Waals surface area contributed by atoms with Crippen LogP contribution in [-0.2, 0) is 4.74 Å². The van der Waals surface area contributed by atoms with Crippen LogP contribution in [0.15, 0.2) is 6.07 Å². The molecule has 27 heavy (non-hydrogen) atoms. The van der Waals surface area contributed by atoms with Gasteiger partial charge in [0.1, 0.15) is 11.2 Å². The molecule has 150 valence electrons. The van der Waals surface area contributed by atoms with Crippen LogP contribution in [0.2, 0.25) is 0 Å². The van der Waals surface area contributed by atoms with Crippen molar-refractivity contribution in [3.05, 3.63) is 34.9 Å². The lowest BCUT2D eigenvalue weighted by Crippen LogP contribution is -2.52. The van der Waals surface area contributed by atoms with Gasteiger partial charge in [-0.15, -0.1) is 0 Å². The molecule has 5 nitrogen and oxygen atoms in total. The van der Waals surface area contributed by atoms with Crippen LogP contribution in [0.4, 0.5) is 22.4 Å². The lowest BCUT2D eigenvalue weighted by Gasteiger charge is -2.37. The van der Waals surface area contributed by atoms with E-state index < -0.39 is 46.4 Å². The number of hydrogen-bond acceptors (Lipinski definition) is 3. The van der Waals surface area contributed by atoms with Gasteiger partial charge in [-0.25, -0.2) is 22.4 Å². The highest BCUT2D eigenvalue weighted by Gasteiger charge is 2.34. The fourth-order valence-corrected chi connectivity index (χ4v) is 2.92. The zero-order valence-corrected chi connectivity index (χ0v) is 15.5. The highest BCUT2D eigenvalue weighted by molar-refractivity contribution is 5.95. The van der Waals surface area contributed by atoms with Gasteiger partial charge in [0.05, 0.1) is 0 Å². The van der Waals surface area contributed by atoms with Crippen molar-refractivity contribution in [1.29, 1.82) is 0 Å². The summed E-state index contributed by atoms with van der Waals surface area (Å²) in [6.07, 6.45) is -0.309. The van der Waals surface area contributed by atoms with Gasteiger partial charge < -0.3 is 15.0 Å². The van der Waals surface area contributed by atoms with Crippen LogP contribution in [0, 0.1) is 29.2 Å². The fraction of sp³-hybridized carbons (Fsp3) is 0.556. The Morgan fingerprint density at radius 2 is 1.70 bits per heavy atom. The molecule has 0 aromatic heterocycles. The summed E-state index contributed by atoms with van der Waals surface area (Å²) >= 11 is 0. The first kappa shape index (κ1) is 21.0. The normalized spacial score (nSPS) is 20.4. The minimum absolute atomic E-state index is 0.0519. The SMILES string of the molecule is C[C@@H]1CN(C(=O)c2c(F)c(F)cc(F)c2F)CC[C@H]1NC(=O)OC(C)(C)C. The summed E-state index contributed by atoms with van der Waals surface area (Å²) in [6, 6.07) is -0.260. The van der Waals surface area contributed by atoms with Crippen molar-refractivity contribution in [1.82, 2.24) is 10.2 Å². The van der Waals surface area contributed by atoms with Gasteiger partial charge in [0.25, 0.3) is 5.91 Å². The molecule has 1 heterocycles. The number of ether oxygens (including phenoxy) is 1. The molecule has 0 unspecified atom stereocenters. The summed E-state index contributed by atoms with van der Waals surface area (Å²) in [4.78, 5) is 25.4. The van der Waals surface area contributed by atoms with Crippen molar-refractivity contribution >= 4 is 12.0 Å². The fourth-order valence-electron chi connectivity index (χ4n) is 2.92. The first-order valence-electron chi connectivity index (χ1n) is 8.52. The number of hydrogen-bond donors (Lipinski definition) is 1. The minimum atomic E-state index is -1.72. The van der Waals surface area contributed by atoms with Gasteiger partial charge in [-0.05, 0) is 33.1 Å². The topological polar surface area (TPSA) is 58.6 Å². The van der Waals surface area contributed by atoms with E-state index in [1.165, 1.54) is 0 Å². The molecular weight excluding hydrogens is 368 g/mol. The molecule has 2 atom stereocenters. The van der Waals surface area contributed by atoms with E-state index in [-0.39, 0.29) is 31.1 Å². The Labute approximate surface area is 154 Å². The predicted octanol–water partition coefficient (Wildman–Crippen LogP) is 3.62.